The van der Waals surface area contributed by atoms with E-state index >= 15 is 0 Å². The van der Waals surface area contributed by atoms with Crippen LogP contribution < -0.4 is 0 Å². The van der Waals surface area contributed by atoms with Crippen LogP contribution in [-0.2, 0) is 6.42 Å². The van der Waals surface area contributed by atoms with Gasteiger partial charge in [0.15, 0.2) is 0 Å². The van der Waals surface area contributed by atoms with Crippen molar-refractivity contribution < 1.29 is 0 Å². The Morgan fingerprint density at radius 2 is 2.31 bits per heavy atom. The number of rotatable bonds is 2. The number of benzene rings is 1. The van der Waals surface area contributed by atoms with Crippen molar-refractivity contribution in [2.45, 2.75) is 13.3 Å². The van der Waals surface area contributed by atoms with E-state index in [1.165, 1.54) is 11.3 Å². The molecule has 0 amide bonds. The first-order valence-electron chi connectivity index (χ1n) is 4.80. The minimum Gasteiger partial charge on any atom is -0.245 e. The van der Waals surface area contributed by atoms with Crippen LogP contribution in [0, 0.1) is 18.3 Å². The predicted molar refractivity (Wildman–Crippen MR) is 65.8 cm³/mol. The van der Waals surface area contributed by atoms with Gasteiger partial charge in [-0.1, -0.05) is 23.7 Å². The molecule has 0 radical (unpaired) electrons. The highest BCUT2D eigenvalue weighted by Crippen LogP contribution is 2.21. The summed E-state index contributed by atoms with van der Waals surface area (Å²) in [7, 11) is 0. The van der Waals surface area contributed by atoms with Crippen LogP contribution in [0.3, 0.4) is 0 Å². The van der Waals surface area contributed by atoms with Gasteiger partial charge in [0.25, 0.3) is 0 Å². The summed E-state index contributed by atoms with van der Waals surface area (Å²) in [6, 6.07) is 9.84. The van der Waals surface area contributed by atoms with Gasteiger partial charge < -0.3 is 0 Å². The maximum absolute atomic E-state index is 8.84. The van der Waals surface area contributed by atoms with E-state index in [1.54, 1.807) is 0 Å². The molecule has 0 atom stereocenters. The van der Waals surface area contributed by atoms with Crippen LogP contribution in [0.1, 0.15) is 21.1 Å². The standard InChI is InChI=1S/C12H9ClN2S/c1-8-11(7-14)16-12(15-8)6-9-3-2-4-10(13)5-9/h2-5H,6H2,1H3. The molecule has 2 rings (SSSR count). The molecule has 1 aromatic heterocycles. The van der Waals surface area contributed by atoms with E-state index in [0.29, 0.717) is 4.88 Å². The Balaban J connectivity index is 2.24. The Hall–Kier alpha value is -1.37. The molecular weight excluding hydrogens is 240 g/mol. The second-order valence-corrected chi connectivity index (χ2v) is 4.96. The normalized spacial score (nSPS) is 10.1. The second kappa shape index (κ2) is 4.65. The lowest BCUT2D eigenvalue weighted by Gasteiger charge is -1.97. The third-order valence-corrected chi connectivity index (χ3v) is 3.48. The van der Waals surface area contributed by atoms with E-state index in [4.69, 9.17) is 16.9 Å². The van der Waals surface area contributed by atoms with Crippen LogP contribution in [-0.4, -0.2) is 4.98 Å². The van der Waals surface area contributed by atoms with Gasteiger partial charge in [0, 0.05) is 11.4 Å². The summed E-state index contributed by atoms with van der Waals surface area (Å²) in [4.78, 5) is 5.05. The zero-order valence-electron chi connectivity index (χ0n) is 8.70. The molecule has 0 aliphatic heterocycles. The zero-order chi connectivity index (χ0) is 11.5. The number of hydrogen-bond acceptors (Lipinski definition) is 3. The molecule has 0 spiro atoms. The quantitative estimate of drug-likeness (QED) is 0.815. The molecule has 80 valence electrons. The molecular formula is C12H9ClN2S. The van der Waals surface area contributed by atoms with Crippen LogP contribution in [0.15, 0.2) is 24.3 Å². The average molecular weight is 249 g/mol. The molecule has 16 heavy (non-hydrogen) atoms. The van der Waals surface area contributed by atoms with Gasteiger partial charge in [-0.3, -0.25) is 0 Å². The van der Waals surface area contributed by atoms with Gasteiger partial charge in [-0.15, -0.1) is 11.3 Å². The predicted octanol–water partition coefficient (Wildman–Crippen LogP) is 3.57. The molecule has 0 saturated carbocycles. The fourth-order valence-corrected chi connectivity index (χ4v) is 2.56. The first-order chi connectivity index (χ1) is 7.69. The Kier molecular flexibility index (Phi) is 3.23. The summed E-state index contributed by atoms with van der Waals surface area (Å²) in [5.74, 6) is 0. The van der Waals surface area contributed by atoms with Crippen molar-refractivity contribution in [3.05, 3.63) is 50.4 Å². The van der Waals surface area contributed by atoms with Gasteiger partial charge in [-0.2, -0.15) is 5.26 Å². The Labute approximate surface area is 103 Å². The molecule has 0 bridgehead atoms. The van der Waals surface area contributed by atoms with Gasteiger partial charge in [0.2, 0.25) is 0 Å². The fourth-order valence-electron chi connectivity index (χ4n) is 1.45. The summed E-state index contributed by atoms with van der Waals surface area (Å²) >= 11 is 7.35. The van der Waals surface area contributed by atoms with Crippen LogP contribution in [0.2, 0.25) is 5.02 Å². The molecule has 0 aliphatic rings. The van der Waals surface area contributed by atoms with Crippen LogP contribution in [0.25, 0.3) is 0 Å². The van der Waals surface area contributed by atoms with Gasteiger partial charge in [-0.25, -0.2) is 4.98 Å². The molecule has 1 aromatic carbocycles. The van der Waals surface area contributed by atoms with Crippen LogP contribution >= 0.6 is 22.9 Å². The number of hydrogen-bond donors (Lipinski definition) is 0. The van der Waals surface area contributed by atoms with Crippen LogP contribution in [0.4, 0.5) is 0 Å². The van der Waals surface area contributed by atoms with E-state index in [9.17, 15) is 0 Å². The summed E-state index contributed by atoms with van der Waals surface area (Å²) in [5.41, 5.74) is 1.93. The van der Waals surface area contributed by atoms with Crippen molar-refractivity contribution in [3.63, 3.8) is 0 Å². The van der Waals surface area contributed by atoms with Gasteiger partial charge in [-0.05, 0) is 24.6 Å². The van der Waals surface area contributed by atoms with Crippen molar-refractivity contribution in [3.8, 4) is 6.07 Å². The Morgan fingerprint density at radius 3 is 2.94 bits per heavy atom. The molecule has 1 heterocycles. The third kappa shape index (κ3) is 2.41. The number of aromatic nitrogens is 1. The molecule has 2 nitrogen and oxygen atoms in total. The van der Waals surface area contributed by atoms with E-state index in [1.807, 2.05) is 31.2 Å². The minimum atomic E-state index is 0.692. The minimum absolute atomic E-state index is 0.692. The first-order valence-corrected chi connectivity index (χ1v) is 5.99. The van der Waals surface area contributed by atoms with Gasteiger partial charge in [0.1, 0.15) is 10.9 Å². The first kappa shape index (κ1) is 11.1. The highest BCUT2D eigenvalue weighted by molar-refractivity contribution is 7.12. The molecule has 2 aromatic rings. The largest absolute Gasteiger partial charge is 0.245 e. The lowest BCUT2D eigenvalue weighted by molar-refractivity contribution is 1.10. The number of thiazole rings is 1. The average Bonchev–Trinajstić information content (AvgIpc) is 2.58. The van der Waals surface area contributed by atoms with Crippen molar-refractivity contribution >= 4 is 22.9 Å². The Bertz CT molecular complexity index is 554. The fraction of sp³-hybridized carbons (Fsp3) is 0.167. The summed E-state index contributed by atoms with van der Waals surface area (Å²) in [6.07, 6.45) is 0.730. The van der Waals surface area contributed by atoms with E-state index in [0.717, 1.165) is 27.7 Å². The van der Waals surface area contributed by atoms with Gasteiger partial charge >= 0.3 is 0 Å². The van der Waals surface area contributed by atoms with E-state index < -0.39 is 0 Å². The number of nitrogens with zero attached hydrogens (tertiary/aromatic N) is 2. The molecule has 0 saturated heterocycles. The summed E-state index contributed by atoms with van der Waals surface area (Å²) in [6.45, 7) is 1.86. The number of aryl methyl sites for hydroxylation is 1. The monoisotopic (exact) mass is 248 g/mol. The molecule has 0 N–H and O–H groups in total. The van der Waals surface area contributed by atoms with Gasteiger partial charge in [0.05, 0.1) is 10.7 Å². The van der Waals surface area contributed by atoms with Crippen molar-refractivity contribution in [2.75, 3.05) is 0 Å². The Morgan fingerprint density at radius 1 is 1.50 bits per heavy atom. The molecule has 4 heteroatoms. The maximum atomic E-state index is 8.84. The lowest BCUT2D eigenvalue weighted by atomic mass is 10.2. The van der Waals surface area contributed by atoms with Crippen LogP contribution in [0.5, 0.6) is 0 Å². The topological polar surface area (TPSA) is 36.7 Å². The van der Waals surface area contributed by atoms with Crippen molar-refractivity contribution in [2.24, 2.45) is 0 Å². The maximum Gasteiger partial charge on any atom is 0.127 e. The molecule has 0 aliphatic carbocycles. The van der Waals surface area contributed by atoms with E-state index in [-0.39, 0.29) is 0 Å². The second-order valence-electron chi connectivity index (χ2n) is 3.44. The summed E-state index contributed by atoms with van der Waals surface area (Å²) < 4.78 is 0. The molecule has 0 fully saturated rings. The highest BCUT2D eigenvalue weighted by Gasteiger charge is 2.07. The lowest BCUT2D eigenvalue weighted by Crippen LogP contribution is -1.86. The highest BCUT2D eigenvalue weighted by atomic mass is 35.5. The summed E-state index contributed by atoms with van der Waals surface area (Å²) in [5, 5.41) is 10.5. The smallest absolute Gasteiger partial charge is 0.127 e. The number of nitriles is 1. The molecule has 0 unspecified atom stereocenters. The van der Waals surface area contributed by atoms with Crippen molar-refractivity contribution in [1.82, 2.24) is 4.98 Å². The van der Waals surface area contributed by atoms with E-state index in [2.05, 4.69) is 11.1 Å². The number of halogens is 1. The zero-order valence-corrected chi connectivity index (χ0v) is 10.3. The SMILES string of the molecule is Cc1nc(Cc2cccc(Cl)c2)sc1C#N. The van der Waals surface area contributed by atoms with Crippen molar-refractivity contribution in [1.29, 1.82) is 5.26 Å². The third-order valence-electron chi connectivity index (χ3n) is 2.19.